The molecule has 1 amide bonds. The highest BCUT2D eigenvalue weighted by molar-refractivity contribution is 7.09. The molecule has 0 spiro atoms. The first-order valence-electron chi connectivity index (χ1n) is 7.16. The first-order valence-corrected chi connectivity index (χ1v) is 8.04. The Labute approximate surface area is 129 Å². The first kappa shape index (κ1) is 15.7. The SMILES string of the molecule is CC(Cc1cccs1)C(=O)N(CCO)Cc1ccccc1. The van der Waals surface area contributed by atoms with Gasteiger partial charge in [0.1, 0.15) is 0 Å². The maximum Gasteiger partial charge on any atom is 0.226 e. The summed E-state index contributed by atoms with van der Waals surface area (Å²) >= 11 is 1.68. The molecule has 2 rings (SSSR count). The van der Waals surface area contributed by atoms with E-state index >= 15 is 0 Å². The van der Waals surface area contributed by atoms with E-state index in [-0.39, 0.29) is 18.4 Å². The second-order valence-corrected chi connectivity index (χ2v) is 6.19. The summed E-state index contributed by atoms with van der Waals surface area (Å²) in [6.07, 6.45) is 0.757. The van der Waals surface area contributed by atoms with Crippen molar-refractivity contribution in [1.82, 2.24) is 4.90 Å². The number of nitrogens with zero attached hydrogens (tertiary/aromatic N) is 1. The average Bonchev–Trinajstić information content (AvgIpc) is 3.00. The number of aliphatic hydroxyl groups is 1. The fourth-order valence-electron chi connectivity index (χ4n) is 2.32. The lowest BCUT2D eigenvalue weighted by molar-refractivity contribution is -0.136. The zero-order valence-corrected chi connectivity index (χ0v) is 13.1. The van der Waals surface area contributed by atoms with Gasteiger partial charge in [0.2, 0.25) is 5.91 Å². The van der Waals surface area contributed by atoms with E-state index in [9.17, 15) is 9.90 Å². The lowest BCUT2D eigenvalue weighted by atomic mass is 10.0. The summed E-state index contributed by atoms with van der Waals surface area (Å²) in [6, 6.07) is 14.0. The van der Waals surface area contributed by atoms with Gasteiger partial charge in [0.05, 0.1) is 6.61 Å². The summed E-state index contributed by atoms with van der Waals surface area (Å²) in [6.45, 7) is 2.87. The molecular formula is C17H21NO2S. The van der Waals surface area contributed by atoms with Crippen molar-refractivity contribution in [2.75, 3.05) is 13.2 Å². The number of hydrogen-bond acceptors (Lipinski definition) is 3. The van der Waals surface area contributed by atoms with Crippen LogP contribution in [0.3, 0.4) is 0 Å². The minimum absolute atomic E-state index is 0.00963. The van der Waals surface area contributed by atoms with Crippen LogP contribution in [0.5, 0.6) is 0 Å². The second kappa shape index (κ2) is 7.96. The molecule has 0 fully saturated rings. The van der Waals surface area contributed by atoms with Gasteiger partial charge in [-0.25, -0.2) is 0 Å². The van der Waals surface area contributed by atoms with E-state index in [1.807, 2.05) is 48.7 Å². The average molecular weight is 303 g/mol. The van der Waals surface area contributed by atoms with Gasteiger partial charge in [-0.1, -0.05) is 43.3 Å². The molecular weight excluding hydrogens is 282 g/mol. The first-order chi connectivity index (χ1) is 10.2. The van der Waals surface area contributed by atoms with Crippen molar-refractivity contribution in [3.63, 3.8) is 0 Å². The largest absolute Gasteiger partial charge is 0.395 e. The Kier molecular flexibility index (Phi) is 5.96. The maximum atomic E-state index is 12.6. The third kappa shape index (κ3) is 4.69. The Morgan fingerprint density at radius 2 is 2.00 bits per heavy atom. The predicted octanol–water partition coefficient (Wildman–Crippen LogP) is 2.95. The number of carbonyl (C=O) groups is 1. The van der Waals surface area contributed by atoms with Crippen LogP contribution >= 0.6 is 11.3 Å². The molecule has 112 valence electrons. The lowest BCUT2D eigenvalue weighted by Gasteiger charge is -2.25. The third-order valence-electron chi connectivity index (χ3n) is 3.41. The molecule has 1 atom stereocenters. The molecule has 0 aliphatic carbocycles. The predicted molar refractivity (Wildman–Crippen MR) is 86.1 cm³/mol. The number of amides is 1. The van der Waals surface area contributed by atoms with Gasteiger partial charge in [-0.2, -0.15) is 0 Å². The Morgan fingerprint density at radius 1 is 1.24 bits per heavy atom. The van der Waals surface area contributed by atoms with Crippen LogP contribution in [-0.2, 0) is 17.8 Å². The number of benzene rings is 1. The summed E-state index contributed by atoms with van der Waals surface area (Å²) in [5, 5.41) is 11.2. The summed E-state index contributed by atoms with van der Waals surface area (Å²) in [5.41, 5.74) is 1.09. The number of carbonyl (C=O) groups excluding carboxylic acids is 1. The lowest BCUT2D eigenvalue weighted by Crippen LogP contribution is -2.37. The van der Waals surface area contributed by atoms with E-state index < -0.39 is 0 Å². The third-order valence-corrected chi connectivity index (χ3v) is 4.31. The molecule has 1 unspecified atom stereocenters. The van der Waals surface area contributed by atoms with Gasteiger partial charge in [-0.3, -0.25) is 4.79 Å². The minimum atomic E-state index is -0.0705. The van der Waals surface area contributed by atoms with E-state index in [0.717, 1.165) is 12.0 Å². The van der Waals surface area contributed by atoms with Crippen LogP contribution in [0.25, 0.3) is 0 Å². The standard InChI is InChI=1S/C17H21NO2S/c1-14(12-16-8-5-11-21-16)17(20)18(9-10-19)13-15-6-3-2-4-7-15/h2-8,11,14,19H,9-10,12-13H2,1H3. The van der Waals surface area contributed by atoms with E-state index in [1.54, 1.807) is 16.2 Å². The Morgan fingerprint density at radius 3 is 2.62 bits per heavy atom. The molecule has 3 nitrogen and oxygen atoms in total. The Balaban J connectivity index is 2.00. The number of rotatable bonds is 7. The van der Waals surface area contributed by atoms with Crippen LogP contribution in [0.1, 0.15) is 17.4 Å². The van der Waals surface area contributed by atoms with Crippen molar-refractivity contribution in [2.45, 2.75) is 19.9 Å². The van der Waals surface area contributed by atoms with Crippen molar-refractivity contribution in [1.29, 1.82) is 0 Å². The van der Waals surface area contributed by atoms with Crippen molar-refractivity contribution in [3.05, 3.63) is 58.3 Å². The topological polar surface area (TPSA) is 40.5 Å². The molecule has 1 N–H and O–H groups in total. The van der Waals surface area contributed by atoms with E-state index in [4.69, 9.17) is 0 Å². The van der Waals surface area contributed by atoms with Crippen LogP contribution in [0.4, 0.5) is 0 Å². The van der Waals surface area contributed by atoms with Gasteiger partial charge >= 0.3 is 0 Å². The van der Waals surface area contributed by atoms with Gasteiger partial charge in [0, 0.05) is 23.9 Å². The molecule has 1 aromatic carbocycles. The highest BCUT2D eigenvalue weighted by Crippen LogP contribution is 2.17. The van der Waals surface area contributed by atoms with Gasteiger partial charge in [0.15, 0.2) is 0 Å². The van der Waals surface area contributed by atoms with Crippen molar-refractivity contribution >= 4 is 17.2 Å². The second-order valence-electron chi connectivity index (χ2n) is 5.15. The van der Waals surface area contributed by atoms with Gasteiger partial charge in [-0.05, 0) is 23.4 Å². The quantitative estimate of drug-likeness (QED) is 0.854. The molecule has 0 aliphatic rings. The summed E-state index contributed by atoms with van der Waals surface area (Å²) in [4.78, 5) is 15.5. The molecule has 21 heavy (non-hydrogen) atoms. The van der Waals surface area contributed by atoms with E-state index in [1.165, 1.54) is 4.88 Å². The number of aliphatic hydroxyl groups excluding tert-OH is 1. The molecule has 1 aromatic heterocycles. The zero-order valence-electron chi connectivity index (χ0n) is 12.2. The van der Waals surface area contributed by atoms with Gasteiger partial charge in [-0.15, -0.1) is 11.3 Å². The van der Waals surface area contributed by atoms with Crippen molar-refractivity contribution < 1.29 is 9.90 Å². The molecule has 0 aliphatic heterocycles. The van der Waals surface area contributed by atoms with Gasteiger partial charge < -0.3 is 10.0 Å². The molecule has 2 aromatic rings. The van der Waals surface area contributed by atoms with Crippen molar-refractivity contribution in [2.24, 2.45) is 5.92 Å². The maximum absolute atomic E-state index is 12.6. The highest BCUT2D eigenvalue weighted by Gasteiger charge is 2.21. The fraction of sp³-hybridized carbons (Fsp3) is 0.353. The van der Waals surface area contributed by atoms with E-state index in [2.05, 4.69) is 6.07 Å². The summed E-state index contributed by atoms with van der Waals surface area (Å²) in [7, 11) is 0. The normalized spacial score (nSPS) is 12.1. The Hall–Kier alpha value is -1.65. The molecule has 0 saturated heterocycles. The van der Waals surface area contributed by atoms with Crippen LogP contribution < -0.4 is 0 Å². The molecule has 1 heterocycles. The smallest absolute Gasteiger partial charge is 0.226 e. The molecule has 0 radical (unpaired) electrons. The summed E-state index contributed by atoms with van der Waals surface area (Å²) < 4.78 is 0. The molecule has 0 saturated carbocycles. The molecule has 0 bridgehead atoms. The minimum Gasteiger partial charge on any atom is -0.395 e. The Bertz CT molecular complexity index is 539. The van der Waals surface area contributed by atoms with Crippen LogP contribution in [0, 0.1) is 5.92 Å². The molecule has 4 heteroatoms. The van der Waals surface area contributed by atoms with E-state index in [0.29, 0.717) is 13.1 Å². The number of thiophene rings is 1. The van der Waals surface area contributed by atoms with Crippen LogP contribution in [0.2, 0.25) is 0 Å². The fourth-order valence-corrected chi connectivity index (χ4v) is 3.16. The van der Waals surface area contributed by atoms with Gasteiger partial charge in [0.25, 0.3) is 0 Å². The van der Waals surface area contributed by atoms with Crippen LogP contribution in [0.15, 0.2) is 47.8 Å². The summed E-state index contributed by atoms with van der Waals surface area (Å²) in [5.74, 6) is 0.0280. The monoisotopic (exact) mass is 303 g/mol. The zero-order chi connectivity index (χ0) is 15.1. The number of hydrogen-bond donors (Lipinski definition) is 1. The van der Waals surface area contributed by atoms with Crippen molar-refractivity contribution in [3.8, 4) is 0 Å². The highest BCUT2D eigenvalue weighted by atomic mass is 32.1. The van der Waals surface area contributed by atoms with Crippen LogP contribution in [-0.4, -0.2) is 29.1 Å².